The number of rotatable bonds is 13. The fraction of sp³-hybridized carbons (Fsp3) is 0.852. The maximum Gasteiger partial charge on any atom is 0.146 e. The molecule has 0 unspecified atom stereocenters. The van der Waals surface area contributed by atoms with Gasteiger partial charge in [-0.05, 0) is 55.4 Å². The van der Waals surface area contributed by atoms with Gasteiger partial charge < -0.3 is 24.1 Å². The summed E-state index contributed by atoms with van der Waals surface area (Å²) in [6.07, 6.45) is 8.93. The Morgan fingerprint density at radius 1 is 1.09 bits per heavy atom. The summed E-state index contributed by atoms with van der Waals surface area (Å²) < 4.78 is 23.1. The third kappa shape index (κ3) is 4.74. The highest BCUT2D eigenvalue weighted by molar-refractivity contribution is 5.34. The van der Waals surface area contributed by atoms with E-state index in [0.717, 1.165) is 31.3 Å². The standard InChI is InChI=1S/C27H48O5/c1-9-21(15-28)14-26(11-3)13-19(5)23-20(6)25(32-18-30-8)22(10-2)24(23)27(26,12-4)16-31-17-29-7/h13-14,20,22-25,28H,9-12,15-18H2,1-8H3/b21-14+/t20-,22-,23-,24-,25-,26+,27+/m0/s1. The number of hydrogen-bond acceptors (Lipinski definition) is 5. The molecule has 0 bridgehead atoms. The summed E-state index contributed by atoms with van der Waals surface area (Å²) in [6, 6.07) is 0. The number of hydrogen-bond donors (Lipinski definition) is 1. The van der Waals surface area contributed by atoms with E-state index in [4.69, 9.17) is 18.9 Å². The van der Waals surface area contributed by atoms with E-state index < -0.39 is 0 Å². The Hall–Kier alpha value is -0.720. The van der Waals surface area contributed by atoms with Crippen LogP contribution in [-0.2, 0) is 18.9 Å². The number of methoxy groups -OCH3 is 2. The van der Waals surface area contributed by atoms with Crippen LogP contribution >= 0.6 is 0 Å². The molecule has 2 rings (SSSR count). The van der Waals surface area contributed by atoms with Crippen LogP contribution in [0.15, 0.2) is 23.3 Å². The van der Waals surface area contributed by atoms with Gasteiger partial charge in [-0.2, -0.15) is 0 Å². The van der Waals surface area contributed by atoms with E-state index in [0.29, 0.717) is 43.9 Å². The lowest BCUT2D eigenvalue weighted by molar-refractivity contribution is -0.136. The van der Waals surface area contributed by atoms with E-state index >= 15 is 0 Å². The molecule has 0 spiro atoms. The molecule has 2 aliphatic carbocycles. The Morgan fingerprint density at radius 2 is 1.78 bits per heavy atom. The molecule has 0 aliphatic heterocycles. The highest BCUT2D eigenvalue weighted by Crippen LogP contribution is 2.67. The van der Waals surface area contributed by atoms with Gasteiger partial charge in [-0.1, -0.05) is 58.8 Å². The number of aliphatic hydroxyl groups excluding tert-OH is 1. The predicted molar refractivity (Wildman–Crippen MR) is 129 cm³/mol. The van der Waals surface area contributed by atoms with Crippen molar-refractivity contribution in [2.75, 3.05) is 41.0 Å². The van der Waals surface area contributed by atoms with Gasteiger partial charge in [0.1, 0.15) is 13.6 Å². The van der Waals surface area contributed by atoms with Gasteiger partial charge in [0.25, 0.3) is 0 Å². The SMILES string of the molecule is CC/C(=C\[C@@]1(CC)C=C(C)[C@H]2[C@H](C)[C@H](OCOC)[C@@H](CC)[C@@H]2[C@@]1(CC)COCOC)CO. The lowest BCUT2D eigenvalue weighted by Gasteiger charge is -2.58. The Morgan fingerprint density at radius 3 is 2.28 bits per heavy atom. The largest absolute Gasteiger partial charge is 0.392 e. The third-order valence-corrected chi connectivity index (χ3v) is 8.68. The molecule has 0 aromatic rings. The minimum absolute atomic E-state index is 0.102. The van der Waals surface area contributed by atoms with Crippen molar-refractivity contribution < 1.29 is 24.1 Å². The first-order chi connectivity index (χ1) is 15.4. The van der Waals surface area contributed by atoms with Crippen molar-refractivity contribution in [1.82, 2.24) is 0 Å². The molecule has 0 aromatic heterocycles. The fourth-order valence-corrected chi connectivity index (χ4v) is 7.28. The molecule has 0 amide bonds. The van der Waals surface area contributed by atoms with Crippen LogP contribution in [0.1, 0.15) is 67.2 Å². The first-order valence-electron chi connectivity index (χ1n) is 12.5. The Labute approximate surface area is 196 Å². The van der Waals surface area contributed by atoms with E-state index in [-0.39, 0.29) is 23.5 Å². The molecule has 5 nitrogen and oxygen atoms in total. The van der Waals surface area contributed by atoms with Crippen molar-refractivity contribution in [3.05, 3.63) is 23.3 Å². The van der Waals surface area contributed by atoms with Crippen LogP contribution in [0, 0.1) is 34.5 Å². The van der Waals surface area contributed by atoms with Crippen LogP contribution in [0.3, 0.4) is 0 Å². The molecule has 0 radical (unpaired) electrons. The van der Waals surface area contributed by atoms with E-state index in [1.54, 1.807) is 14.2 Å². The molecule has 0 heterocycles. The zero-order valence-corrected chi connectivity index (χ0v) is 21.8. The summed E-state index contributed by atoms with van der Waals surface area (Å²) in [5, 5.41) is 10.1. The van der Waals surface area contributed by atoms with E-state index in [2.05, 4.69) is 53.7 Å². The van der Waals surface area contributed by atoms with Gasteiger partial charge in [0.05, 0.1) is 19.3 Å². The first kappa shape index (κ1) is 27.5. The van der Waals surface area contributed by atoms with Crippen LogP contribution in [-0.4, -0.2) is 52.2 Å². The molecule has 1 fully saturated rings. The second kappa shape index (κ2) is 12.1. The van der Waals surface area contributed by atoms with Crippen LogP contribution in [0.25, 0.3) is 0 Å². The molecule has 1 saturated carbocycles. The lowest BCUT2D eigenvalue weighted by Crippen LogP contribution is -2.54. The van der Waals surface area contributed by atoms with Crippen molar-refractivity contribution >= 4 is 0 Å². The number of fused-ring (bicyclic) bond motifs is 1. The van der Waals surface area contributed by atoms with Gasteiger partial charge in [0.2, 0.25) is 0 Å². The van der Waals surface area contributed by atoms with E-state index in [1.165, 1.54) is 5.57 Å². The highest BCUT2D eigenvalue weighted by atomic mass is 16.7. The number of ether oxygens (including phenoxy) is 4. The van der Waals surface area contributed by atoms with Crippen molar-refractivity contribution in [2.45, 2.75) is 73.3 Å². The molecule has 32 heavy (non-hydrogen) atoms. The maximum atomic E-state index is 10.1. The summed E-state index contributed by atoms with van der Waals surface area (Å²) in [7, 11) is 3.38. The Kier molecular flexibility index (Phi) is 10.4. The Bertz CT molecular complexity index is 638. The van der Waals surface area contributed by atoms with Gasteiger partial charge in [0, 0.05) is 25.0 Å². The monoisotopic (exact) mass is 452 g/mol. The summed E-state index contributed by atoms with van der Waals surface area (Å²) >= 11 is 0. The molecule has 2 aliphatic rings. The van der Waals surface area contributed by atoms with Crippen molar-refractivity contribution in [3.8, 4) is 0 Å². The molecular weight excluding hydrogens is 404 g/mol. The predicted octanol–water partition coefficient (Wildman–Crippen LogP) is 5.59. The van der Waals surface area contributed by atoms with Gasteiger partial charge in [-0.25, -0.2) is 0 Å². The van der Waals surface area contributed by atoms with Gasteiger partial charge in [-0.3, -0.25) is 0 Å². The smallest absolute Gasteiger partial charge is 0.146 e. The second-order valence-electron chi connectivity index (χ2n) is 9.88. The van der Waals surface area contributed by atoms with E-state index in [9.17, 15) is 5.11 Å². The van der Waals surface area contributed by atoms with Crippen molar-refractivity contribution in [1.29, 1.82) is 0 Å². The van der Waals surface area contributed by atoms with E-state index in [1.807, 2.05) is 0 Å². The van der Waals surface area contributed by atoms with Crippen molar-refractivity contribution in [2.24, 2.45) is 34.5 Å². The molecule has 0 aromatic carbocycles. The molecule has 186 valence electrons. The molecule has 0 saturated heterocycles. The minimum Gasteiger partial charge on any atom is -0.392 e. The number of aliphatic hydroxyl groups is 1. The molecule has 1 N–H and O–H groups in total. The summed E-state index contributed by atoms with van der Waals surface area (Å²) in [6.45, 7) is 15.0. The van der Waals surface area contributed by atoms with Crippen molar-refractivity contribution in [3.63, 3.8) is 0 Å². The Balaban J connectivity index is 2.74. The first-order valence-corrected chi connectivity index (χ1v) is 12.5. The number of allylic oxidation sites excluding steroid dienone is 3. The van der Waals surface area contributed by atoms with Gasteiger partial charge in [0.15, 0.2) is 0 Å². The average molecular weight is 453 g/mol. The highest BCUT2D eigenvalue weighted by Gasteiger charge is 2.64. The van der Waals surface area contributed by atoms with Crippen LogP contribution in [0.5, 0.6) is 0 Å². The fourth-order valence-electron chi connectivity index (χ4n) is 7.28. The zero-order valence-electron chi connectivity index (χ0n) is 21.8. The second-order valence-corrected chi connectivity index (χ2v) is 9.88. The van der Waals surface area contributed by atoms with Crippen LogP contribution in [0.2, 0.25) is 0 Å². The molecule has 7 atom stereocenters. The topological polar surface area (TPSA) is 57.2 Å². The van der Waals surface area contributed by atoms with Crippen LogP contribution < -0.4 is 0 Å². The summed E-state index contributed by atoms with van der Waals surface area (Å²) in [5.74, 6) is 1.69. The average Bonchev–Trinajstić information content (AvgIpc) is 3.09. The molecular formula is C27H48O5. The third-order valence-electron chi connectivity index (χ3n) is 8.68. The summed E-state index contributed by atoms with van der Waals surface area (Å²) in [5.41, 5.74) is 2.26. The molecule has 5 heteroatoms. The van der Waals surface area contributed by atoms with Crippen LogP contribution in [0.4, 0.5) is 0 Å². The zero-order chi connectivity index (χ0) is 23.9. The quantitative estimate of drug-likeness (QED) is 0.224. The lowest BCUT2D eigenvalue weighted by atomic mass is 9.47. The minimum atomic E-state index is -0.182. The maximum absolute atomic E-state index is 10.1. The summed E-state index contributed by atoms with van der Waals surface area (Å²) in [4.78, 5) is 0. The van der Waals surface area contributed by atoms with Gasteiger partial charge in [-0.15, -0.1) is 0 Å². The van der Waals surface area contributed by atoms with Gasteiger partial charge >= 0.3 is 0 Å². The normalized spacial score (nSPS) is 37.5.